The van der Waals surface area contributed by atoms with Crippen LogP contribution in [0.2, 0.25) is 0 Å². The SMILES string of the molecule is Cc1ccc(C(=O)N/N=C\c2cc(Br)c(Br)o2)cn1. The molecule has 5 nitrogen and oxygen atoms in total. The fraction of sp³-hybridized carbons (Fsp3) is 0.0833. The molecule has 0 bridgehead atoms. The van der Waals surface area contributed by atoms with Gasteiger partial charge in [-0.15, -0.1) is 0 Å². The first kappa shape index (κ1) is 14.0. The maximum absolute atomic E-state index is 11.7. The molecule has 0 fully saturated rings. The molecule has 1 amide bonds. The molecule has 0 aliphatic carbocycles. The van der Waals surface area contributed by atoms with Gasteiger partial charge in [0.25, 0.3) is 5.91 Å². The molecule has 1 N–H and O–H groups in total. The first-order valence-electron chi connectivity index (χ1n) is 5.27. The maximum Gasteiger partial charge on any atom is 0.272 e. The predicted molar refractivity (Wildman–Crippen MR) is 78.1 cm³/mol. The molecule has 0 aliphatic rings. The lowest BCUT2D eigenvalue weighted by Crippen LogP contribution is -2.17. The highest BCUT2D eigenvalue weighted by atomic mass is 79.9. The zero-order valence-electron chi connectivity index (χ0n) is 9.85. The summed E-state index contributed by atoms with van der Waals surface area (Å²) in [4.78, 5) is 15.7. The predicted octanol–water partition coefficient (Wildman–Crippen LogP) is 3.27. The number of nitrogens with zero attached hydrogens (tertiary/aromatic N) is 2. The van der Waals surface area contributed by atoms with E-state index in [9.17, 15) is 4.79 Å². The molecule has 2 aromatic heterocycles. The Balaban J connectivity index is 1.98. The number of aromatic nitrogens is 1. The molecule has 98 valence electrons. The van der Waals surface area contributed by atoms with Crippen LogP contribution in [0, 0.1) is 6.92 Å². The Morgan fingerprint density at radius 2 is 2.26 bits per heavy atom. The number of hydrogen-bond donors (Lipinski definition) is 1. The van der Waals surface area contributed by atoms with E-state index in [1.54, 1.807) is 18.2 Å². The van der Waals surface area contributed by atoms with Gasteiger partial charge in [-0.2, -0.15) is 5.10 Å². The fourth-order valence-electron chi connectivity index (χ4n) is 1.25. The van der Waals surface area contributed by atoms with Crippen LogP contribution >= 0.6 is 31.9 Å². The van der Waals surface area contributed by atoms with Crippen LogP contribution in [0.5, 0.6) is 0 Å². The summed E-state index contributed by atoms with van der Waals surface area (Å²) in [7, 11) is 0. The molecule has 0 unspecified atom stereocenters. The molecule has 0 aliphatic heterocycles. The summed E-state index contributed by atoms with van der Waals surface area (Å²) in [5, 5.41) is 3.81. The lowest BCUT2D eigenvalue weighted by atomic mass is 10.2. The van der Waals surface area contributed by atoms with Gasteiger partial charge >= 0.3 is 0 Å². The second kappa shape index (κ2) is 6.12. The van der Waals surface area contributed by atoms with E-state index in [0.29, 0.717) is 16.0 Å². The number of aryl methyl sites for hydroxylation is 1. The van der Waals surface area contributed by atoms with Gasteiger partial charge in [-0.25, -0.2) is 5.43 Å². The van der Waals surface area contributed by atoms with E-state index in [0.717, 1.165) is 10.2 Å². The molecule has 2 aromatic rings. The second-order valence-electron chi connectivity index (χ2n) is 3.66. The number of halogens is 2. The molecule has 2 rings (SSSR count). The van der Waals surface area contributed by atoms with Crippen molar-refractivity contribution in [3.05, 3.63) is 50.6 Å². The van der Waals surface area contributed by atoms with Crippen LogP contribution in [-0.4, -0.2) is 17.1 Å². The van der Waals surface area contributed by atoms with Crippen molar-refractivity contribution in [3.8, 4) is 0 Å². The lowest BCUT2D eigenvalue weighted by Gasteiger charge is -1.98. The van der Waals surface area contributed by atoms with Crippen LogP contribution in [0.1, 0.15) is 21.8 Å². The number of hydrazone groups is 1. The van der Waals surface area contributed by atoms with Gasteiger partial charge in [0.2, 0.25) is 0 Å². The van der Waals surface area contributed by atoms with E-state index in [1.807, 2.05) is 6.92 Å². The van der Waals surface area contributed by atoms with E-state index in [2.05, 4.69) is 47.4 Å². The first-order valence-corrected chi connectivity index (χ1v) is 6.86. The first-order chi connectivity index (χ1) is 9.06. The summed E-state index contributed by atoms with van der Waals surface area (Å²) in [5.41, 5.74) is 3.70. The summed E-state index contributed by atoms with van der Waals surface area (Å²) >= 11 is 6.49. The zero-order chi connectivity index (χ0) is 13.8. The molecule has 7 heteroatoms. The Labute approximate surface area is 126 Å². The molecule has 0 saturated carbocycles. The highest BCUT2D eigenvalue weighted by Crippen LogP contribution is 2.25. The van der Waals surface area contributed by atoms with Crippen molar-refractivity contribution >= 4 is 44.0 Å². The smallest absolute Gasteiger partial charge is 0.272 e. The van der Waals surface area contributed by atoms with Gasteiger partial charge in [-0.3, -0.25) is 9.78 Å². The van der Waals surface area contributed by atoms with Gasteiger partial charge in [-0.1, -0.05) is 0 Å². The average molecular weight is 387 g/mol. The van der Waals surface area contributed by atoms with Gasteiger partial charge in [0.15, 0.2) is 4.67 Å². The summed E-state index contributed by atoms with van der Waals surface area (Å²) in [6, 6.07) is 5.18. The number of furan rings is 1. The number of carbonyl (C=O) groups excluding carboxylic acids is 1. The number of pyridine rings is 1. The lowest BCUT2D eigenvalue weighted by molar-refractivity contribution is 0.0955. The molecular weight excluding hydrogens is 378 g/mol. The Hall–Kier alpha value is -1.47. The Kier molecular flexibility index (Phi) is 4.49. The molecule has 0 saturated heterocycles. The number of rotatable bonds is 3. The maximum atomic E-state index is 11.7. The van der Waals surface area contributed by atoms with Gasteiger partial charge in [-0.05, 0) is 50.9 Å². The summed E-state index contributed by atoms with van der Waals surface area (Å²) in [6.07, 6.45) is 2.91. The molecule has 0 spiro atoms. The molecule has 0 atom stereocenters. The minimum atomic E-state index is -0.326. The van der Waals surface area contributed by atoms with Crippen LogP contribution in [0.3, 0.4) is 0 Å². The number of amides is 1. The minimum absolute atomic E-state index is 0.326. The van der Waals surface area contributed by atoms with Gasteiger partial charge in [0, 0.05) is 18.0 Å². The minimum Gasteiger partial charge on any atom is -0.447 e. The monoisotopic (exact) mass is 385 g/mol. The molecular formula is C12H9Br2N3O2. The highest BCUT2D eigenvalue weighted by Gasteiger charge is 2.05. The van der Waals surface area contributed by atoms with Crippen LogP contribution < -0.4 is 5.43 Å². The van der Waals surface area contributed by atoms with Gasteiger partial charge < -0.3 is 4.42 Å². The van der Waals surface area contributed by atoms with Crippen LogP contribution in [0.25, 0.3) is 0 Å². The topological polar surface area (TPSA) is 67.5 Å². The fourth-order valence-corrected chi connectivity index (χ4v) is 1.86. The van der Waals surface area contributed by atoms with Crippen LogP contribution in [0.4, 0.5) is 0 Å². The van der Waals surface area contributed by atoms with Crippen molar-refractivity contribution < 1.29 is 9.21 Å². The van der Waals surface area contributed by atoms with Crippen molar-refractivity contribution in [2.45, 2.75) is 6.92 Å². The number of hydrogen-bond acceptors (Lipinski definition) is 4. The van der Waals surface area contributed by atoms with Crippen molar-refractivity contribution in [1.29, 1.82) is 0 Å². The van der Waals surface area contributed by atoms with E-state index in [1.165, 1.54) is 12.4 Å². The Morgan fingerprint density at radius 1 is 1.47 bits per heavy atom. The largest absolute Gasteiger partial charge is 0.447 e. The third-order valence-corrected chi connectivity index (χ3v) is 3.91. The highest BCUT2D eigenvalue weighted by molar-refractivity contribution is 9.13. The zero-order valence-corrected chi connectivity index (χ0v) is 13.0. The third kappa shape index (κ3) is 3.74. The number of nitrogens with one attached hydrogen (secondary N) is 1. The normalized spacial score (nSPS) is 10.9. The average Bonchev–Trinajstić information content (AvgIpc) is 2.69. The van der Waals surface area contributed by atoms with Crippen LogP contribution in [-0.2, 0) is 0 Å². The standard InChI is InChI=1S/C12H9Br2N3O2/c1-7-2-3-8(5-15-7)12(18)17-16-6-9-4-10(13)11(14)19-9/h2-6H,1H3,(H,17,18)/b16-6-. The Morgan fingerprint density at radius 3 is 2.84 bits per heavy atom. The summed E-state index contributed by atoms with van der Waals surface area (Å²) in [6.45, 7) is 1.85. The van der Waals surface area contributed by atoms with Crippen molar-refractivity contribution in [2.24, 2.45) is 5.10 Å². The van der Waals surface area contributed by atoms with E-state index >= 15 is 0 Å². The quantitative estimate of drug-likeness (QED) is 0.650. The molecule has 19 heavy (non-hydrogen) atoms. The van der Waals surface area contributed by atoms with Crippen LogP contribution in [0.15, 0.2) is 43.1 Å². The van der Waals surface area contributed by atoms with E-state index < -0.39 is 0 Å². The van der Waals surface area contributed by atoms with Gasteiger partial charge in [0.1, 0.15) is 5.76 Å². The van der Waals surface area contributed by atoms with E-state index in [-0.39, 0.29) is 5.91 Å². The number of carbonyl (C=O) groups is 1. The van der Waals surface area contributed by atoms with Crippen molar-refractivity contribution in [3.63, 3.8) is 0 Å². The molecule has 0 aromatic carbocycles. The summed E-state index contributed by atoms with van der Waals surface area (Å²) < 4.78 is 6.63. The summed E-state index contributed by atoms with van der Waals surface area (Å²) in [5.74, 6) is 0.189. The van der Waals surface area contributed by atoms with E-state index in [4.69, 9.17) is 4.42 Å². The van der Waals surface area contributed by atoms with Crippen molar-refractivity contribution in [1.82, 2.24) is 10.4 Å². The Bertz CT molecular complexity index is 601. The molecule has 0 radical (unpaired) electrons. The van der Waals surface area contributed by atoms with Gasteiger partial charge in [0.05, 0.1) is 16.3 Å². The second-order valence-corrected chi connectivity index (χ2v) is 5.23. The van der Waals surface area contributed by atoms with Crippen molar-refractivity contribution in [2.75, 3.05) is 0 Å². The molecule has 2 heterocycles. The third-order valence-electron chi connectivity index (χ3n) is 2.20.